The summed E-state index contributed by atoms with van der Waals surface area (Å²) >= 11 is 6.01. The molecule has 2 N–H and O–H groups in total. The molecule has 1 unspecified atom stereocenters. The zero-order valence-corrected chi connectivity index (χ0v) is 21.1. The van der Waals surface area contributed by atoms with E-state index in [9.17, 15) is 9.59 Å². The number of aromatic nitrogens is 1. The van der Waals surface area contributed by atoms with Gasteiger partial charge in [0.2, 0.25) is 0 Å². The highest BCUT2D eigenvalue weighted by Gasteiger charge is 2.42. The first-order chi connectivity index (χ1) is 17.4. The number of carbonyl (C=O) groups excluding carboxylic acids is 2. The van der Waals surface area contributed by atoms with Crippen molar-refractivity contribution in [1.29, 1.82) is 0 Å². The van der Waals surface area contributed by atoms with Crippen LogP contribution in [-0.2, 0) is 0 Å². The van der Waals surface area contributed by atoms with Crippen LogP contribution >= 0.6 is 11.6 Å². The number of nitrogens with one attached hydrogen (secondary N) is 2. The van der Waals surface area contributed by atoms with Gasteiger partial charge in [-0.25, -0.2) is 4.98 Å². The van der Waals surface area contributed by atoms with Crippen LogP contribution < -0.4 is 20.3 Å². The van der Waals surface area contributed by atoms with Gasteiger partial charge in [-0.15, -0.1) is 0 Å². The van der Waals surface area contributed by atoms with Crippen LogP contribution in [0, 0.1) is 6.92 Å². The molecule has 2 aliphatic rings. The zero-order chi connectivity index (χ0) is 25.2. The van der Waals surface area contributed by atoms with Gasteiger partial charge < -0.3 is 20.3 Å². The Kier molecular flexibility index (Phi) is 6.83. The lowest BCUT2D eigenvalue weighted by Gasteiger charge is -2.40. The van der Waals surface area contributed by atoms with Gasteiger partial charge in [-0.05, 0) is 75.1 Å². The predicted octanol–water partition coefficient (Wildman–Crippen LogP) is 5.23. The van der Waals surface area contributed by atoms with Gasteiger partial charge in [-0.2, -0.15) is 0 Å². The highest BCUT2D eigenvalue weighted by molar-refractivity contribution is 6.31. The number of anilines is 2. The van der Waals surface area contributed by atoms with E-state index in [-0.39, 0.29) is 17.9 Å². The van der Waals surface area contributed by atoms with Crippen LogP contribution in [0.15, 0.2) is 60.8 Å². The van der Waals surface area contributed by atoms with E-state index in [2.05, 4.69) is 20.5 Å². The van der Waals surface area contributed by atoms with E-state index in [4.69, 9.17) is 16.3 Å². The number of fused-ring (bicyclic) bond motifs is 2. The maximum absolute atomic E-state index is 13.0. The molecule has 0 saturated carbocycles. The summed E-state index contributed by atoms with van der Waals surface area (Å²) in [5, 5.41) is 6.66. The zero-order valence-electron chi connectivity index (χ0n) is 20.3. The van der Waals surface area contributed by atoms with Crippen LogP contribution in [0.5, 0.6) is 5.75 Å². The van der Waals surface area contributed by atoms with E-state index in [0.717, 1.165) is 37.1 Å². The van der Waals surface area contributed by atoms with E-state index >= 15 is 0 Å². The summed E-state index contributed by atoms with van der Waals surface area (Å²) in [5.41, 5.74) is 2.63. The Morgan fingerprint density at radius 2 is 1.78 bits per heavy atom. The van der Waals surface area contributed by atoms with Crippen LogP contribution in [-0.4, -0.2) is 42.0 Å². The molecule has 0 aliphatic carbocycles. The van der Waals surface area contributed by atoms with Crippen molar-refractivity contribution in [1.82, 2.24) is 10.3 Å². The van der Waals surface area contributed by atoms with Gasteiger partial charge in [-0.3, -0.25) is 9.59 Å². The van der Waals surface area contributed by atoms with E-state index in [1.165, 1.54) is 0 Å². The third kappa shape index (κ3) is 4.88. The minimum absolute atomic E-state index is 0.0579. The second-order valence-electron chi connectivity index (χ2n) is 9.44. The molecule has 8 heteroatoms. The average molecular weight is 505 g/mol. The summed E-state index contributed by atoms with van der Waals surface area (Å²) in [5.74, 6) is 1.30. The number of hydrogen-bond acceptors (Lipinski definition) is 5. The Morgan fingerprint density at radius 1 is 1.03 bits per heavy atom. The monoisotopic (exact) mass is 504 g/mol. The molecule has 7 nitrogen and oxygen atoms in total. The molecule has 1 aromatic heterocycles. The standard InChI is InChI=1S/C28H29ClN4O3/c1-17-24(7-4-8-25(17)36-2)28(35)32-21-14-22-10-11-23(15-21)33(22)26-12-9-18(16-30-26)27(34)31-20-6-3-5-19(29)13-20/h3-9,12-13,16,21-23H,10-11,14-15H2,1-2H3,(H,31,34)(H,32,35)/t21?,22-,23+. The molecular weight excluding hydrogens is 476 g/mol. The number of methoxy groups -OCH3 is 1. The number of benzene rings is 2. The number of amides is 2. The number of hydrogen-bond donors (Lipinski definition) is 2. The lowest BCUT2D eigenvalue weighted by molar-refractivity contribution is 0.0925. The van der Waals surface area contributed by atoms with Crippen molar-refractivity contribution in [2.45, 2.75) is 50.7 Å². The fraction of sp³-hybridized carbons (Fsp3) is 0.321. The third-order valence-corrected chi connectivity index (χ3v) is 7.41. The van der Waals surface area contributed by atoms with E-state index in [1.807, 2.05) is 31.2 Å². The van der Waals surface area contributed by atoms with Crippen LogP contribution in [0.2, 0.25) is 5.02 Å². The number of nitrogens with zero attached hydrogens (tertiary/aromatic N) is 2. The first kappa shape index (κ1) is 24.1. The molecule has 3 aromatic rings. The van der Waals surface area contributed by atoms with Gasteiger partial charge in [0.05, 0.1) is 12.7 Å². The molecule has 2 aliphatic heterocycles. The van der Waals surface area contributed by atoms with Crippen molar-refractivity contribution in [2.24, 2.45) is 0 Å². The summed E-state index contributed by atoms with van der Waals surface area (Å²) in [4.78, 5) is 32.6. The highest BCUT2D eigenvalue weighted by atomic mass is 35.5. The van der Waals surface area contributed by atoms with E-state index < -0.39 is 0 Å². The molecule has 2 fully saturated rings. The fourth-order valence-corrected chi connectivity index (χ4v) is 5.65. The average Bonchev–Trinajstić information content (AvgIpc) is 3.14. The quantitative estimate of drug-likeness (QED) is 0.480. The largest absolute Gasteiger partial charge is 0.496 e. The summed E-state index contributed by atoms with van der Waals surface area (Å²) < 4.78 is 5.37. The minimum Gasteiger partial charge on any atom is -0.496 e. The van der Waals surface area contributed by atoms with Crippen molar-refractivity contribution in [3.8, 4) is 5.75 Å². The SMILES string of the molecule is COc1cccc(C(=O)NC2C[C@H]3CC[C@@H](C2)N3c2ccc(C(=O)Nc3cccc(Cl)c3)cn2)c1C. The van der Waals surface area contributed by atoms with Crippen molar-refractivity contribution >= 4 is 34.9 Å². The van der Waals surface area contributed by atoms with Gasteiger partial charge in [0, 0.05) is 46.2 Å². The van der Waals surface area contributed by atoms with Gasteiger partial charge >= 0.3 is 0 Å². The normalized spacial score (nSPS) is 20.6. The molecule has 2 aromatic carbocycles. The number of carbonyl (C=O) groups is 2. The number of halogens is 1. The first-order valence-electron chi connectivity index (χ1n) is 12.2. The second kappa shape index (κ2) is 10.2. The molecule has 2 saturated heterocycles. The summed E-state index contributed by atoms with van der Waals surface area (Å²) in [6, 6.07) is 17.0. The Morgan fingerprint density at radius 3 is 2.44 bits per heavy atom. The summed E-state index contributed by atoms with van der Waals surface area (Å²) in [7, 11) is 1.61. The lowest BCUT2D eigenvalue weighted by atomic mass is 9.96. The highest BCUT2D eigenvalue weighted by Crippen LogP contribution is 2.38. The van der Waals surface area contributed by atoms with Crippen LogP contribution in [0.25, 0.3) is 0 Å². The minimum atomic E-state index is -0.228. The molecular formula is C28H29ClN4O3. The van der Waals surface area contributed by atoms with Crippen molar-refractivity contribution in [2.75, 3.05) is 17.3 Å². The van der Waals surface area contributed by atoms with Crippen molar-refractivity contribution < 1.29 is 14.3 Å². The second-order valence-corrected chi connectivity index (χ2v) is 9.87. The maximum atomic E-state index is 13.0. The molecule has 2 amide bonds. The van der Waals surface area contributed by atoms with Gasteiger partial charge in [0.15, 0.2) is 0 Å². The number of piperidine rings is 1. The first-order valence-corrected chi connectivity index (χ1v) is 12.6. The van der Waals surface area contributed by atoms with Gasteiger partial charge in [-0.1, -0.05) is 23.7 Å². The fourth-order valence-electron chi connectivity index (χ4n) is 5.46. The number of rotatable bonds is 6. The Bertz CT molecular complexity index is 1270. The lowest BCUT2D eigenvalue weighted by Crippen LogP contribution is -2.50. The predicted molar refractivity (Wildman–Crippen MR) is 141 cm³/mol. The van der Waals surface area contributed by atoms with Crippen LogP contribution in [0.3, 0.4) is 0 Å². The molecule has 36 heavy (non-hydrogen) atoms. The Hall–Kier alpha value is -3.58. The summed E-state index contributed by atoms with van der Waals surface area (Å²) in [6.45, 7) is 1.91. The Labute approximate surface area is 215 Å². The summed E-state index contributed by atoms with van der Waals surface area (Å²) in [6.07, 6.45) is 5.48. The van der Waals surface area contributed by atoms with E-state index in [1.54, 1.807) is 43.6 Å². The van der Waals surface area contributed by atoms with Gasteiger partial charge in [0.25, 0.3) is 11.8 Å². The van der Waals surface area contributed by atoms with Crippen LogP contribution in [0.4, 0.5) is 11.5 Å². The van der Waals surface area contributed by atoms with Gasteiger partial charge in [0.1, 0.15) is 11.6 Å². The third-order valence-electron chi connectivity index (χ3n) is 7.17. The van der Waals surface area contributed by atoms with Crippen LogP contribution in [0.1, 0.15) is 52.0 Å². The van der Waals surface area contributed by atoms with Crippen molar-refractivity contribution in [3.63, 3.8) is 0 Å². The maximum Gasteiger partial charge on any atom is 0.257 e. The molecule has 0 radical (unpaired) electrons. The molecule has 3 heterocycles. The number of ether oxygens (including phenoxy) is 1. The number of pyridine rings is 1. The molecule has 2 bridgehead atoms. The molecule has 5 rings (SSSR count). The molecule has 0 spiro atoms. The smallest absolute Gasteiger partial charge is 0.257 e. The topological polar surface area (TPSA) is 83.6 Å². The van der Waals surface area contributed by atoms with E-state index in [0.29, 0.717) is 39.7 Å². The van der Waals surface area contributed by atoms with Crippen molar-refractivity contribution in [3.05, 3.63) is 82.5 Å². The molecule has 3 atom stereocenters. The molecule has 186 valence electrons. The Balaban J connectivity index is 1.23.